The number of hydrogen-bond acceptors (Lipinski definition) is 4. The van der Waals surface area contributed by atoms with Crippen molar-refractivity contribution in [3.8, 4) is 5.75 Å². The van der Waals surface area contributed by atoms with Crippen LogP contribution in [-0.4, -0.2) is 26.8 Å². The Hall–Kier alpha value is -1.07. The Morgan fingerprint density at radius 2 is 1.85 bits per heavy atom. The lowest BCUT2D eigenvalue weighted by atomic mass is 10.1. The van der Waals surface area contributed by atoms with Crippen LogP contribution < -0.4 is 10.1 Å². The van der Waals surface area contributed by atoms with Crippen LogP contribution in [0.15, 0.2) is 18.2 Å². The molecule has 20 heavy (non-hydrogen) atoms. The van der Waals surface area contributed by atoms with Gasteiger partial charge in [-0.15, -0.1) is 0 Å². The lowest BCUT2D eigenvalue weighted by Gasteiger charge is -2.14. The van der Waals surface area contributed by atoms with Crippen molar-refractivity contribution < 1.29 is 13.2 Å². The van der Waals surface area contributed by atoms with E-state index in [4.69, 9.17) is 4.74 Å². The largest absolute Gasteiger partial charge is 0.496 e. The zero-order valence-electron chi connectivity index (χ0n) is 12.9. The molecule has 0 unspecified atom stereocenters. The Bertz CT molecular complexity index is 536. The summed E-state index contributed by atoms with van der Waals surface area (Å²) in [5.41, 5.74) is 1.79. The molecule has 0 saturated heterocycles. The predicted octanol–water partition coefficient (Wildman–Crippen LogP) is 2.52. The third-order valence-electron chi connectivity index (χ3n) is 3.13. The quantitative estimate of drug-likeness (QED) is 0.840. The van der Waals surface area contributed by atoms with Gasteiger partial charge in [-0.2, -0.15) is 0 Å². The van der Waals surface area contributed by atoms with Crippen LogP contribution in [0.3, 0.4) is 0 Å². The summed E-state index contributed by atoms with van der Waals surface area (Å²) in [5, 5.41) is 2.94. The van der Waals surface area contributed by atoms with E-state index in [1.807, 2.05) is 18.2 Å². The molecule has 0 atom stereocenters. The highest BCUT2D eigenvalue weighted by Gasteiger charge is 2.19. The van der Waals surface area contributed by atoms with E-state index in [1.165, 1.54) is 0 Å². The molecule has 1 rings (SSSR count). The maximum absolute atomic E-state index is 12.1. The zero-order valence-corrected chi connectivity index (χ0v) is 13.8. The Balaban J connectivity index is 3.00. The Morgan fingerprint density at radius 1 is 1.20 bits per heavy atom. The summed E-state index contributed by atoms with van der Waals surface area (Å²) in [4.78, 5) is 0. The minimum Gasteiger partial charge on any atom is -0.496 e. The molecule has 0 bridgehead atoms. The first-order chi connectivity index (χ1) is 9.26. The summed E-state index contributed by atoms with van der Waals surface area (Å²) in [6.45, 7) is 8.27. The molecular weight excluding hydrogens is 274 g/mol. The first-order valence-corrected chi connectivity index (χ1v) is 8.58. The summed E-state index contributed by atoms with van der Waals surface area (Å²) in [6, 6.07) is 6.09. The molecule has 114 valence electrons. The molecule has 0 aliphatic rings. The van der Waals surface area contributed by atoms with Crippen molar-refractivity contribution in [2.24, 2.45) is 0 Å². The third-order valence-corrected chi connectivity index (χ3v) is 5.28. The molecule has 0 radical (unpaired) electrons. The highest BCUT2D eigenvalue weighted by molar-refractivity contribution is 7.91. The molecular formula is C15H25NO3S. The Kier molecular flexibility index (Phi) is 6.02. The number of benzene rings is 1. The molecule has 0 aliphatic heterocycles. The van der Waals surface area contributed by atoms with Gasteiger partial charge in [0.15, 0.2) is 9.84 Å². The van der Waals surface area contributed by atoms with Crippen LogP contribution in [0.25, 0.3) is 0 Å². The summed E-state index contributed by atoms with van der Waals surface area (Å²) in [6.07, 6.45) is 0. The van der Waals surface area contributed by atoms with Crippen molar-refractivity contribution in [3.63, 3.8) is 0 Å². The van der Waals surface area contributed by atoms with Crippen LogP contribution in [0, 0.1) is 0 Å². The van der Waals surface area contributed by atoms with E-state index in [2.05, 4.69) is 19.2 Å². The van der Waals surface area contributed by atoms with Crippen LogP contribution in [0.4, 0.5) is 0 Å². The molecule has 0 fully saturated rings. The van der Waals surface area contributed by atoms with Crippen molar-refractivity contribution in [1.29, 1.82) is 0 Å². The molecule has 0 heterocycles. The van der Waals surface area contributed by atoms with Crippen LogP contribution in [0.2, 0.25) is 0 Å². The molecule has 0 aromatic heterocycles. The molecule has 1 aromatic carbocycles. The summed E-state index contributed by atoms with van der Waals surface area (Å²) in [7, 11) is -1.57. The summed E-state index contributed by atoms with van der Waals surface area (Å²) < 4.78 is 29.4. The zero-order chi connectivity index (χ0) is 15.3. The van der Waals surface area contributed by atoms with Gasteiger partial charge >= 0.3 is 0 Å². The molecule has 0 amide bonds. The van der Waals surface area contributed by atoms with Gasteiger partial charge in [0.2, 0.25) is 0 Å². The molecule has 0 spiro atoms. The topological polar surface area (TPSA) is 55.4 Å². The standard InChI is InChI=1S/C15H25NO3S/c1-11(2)16-9-13-6-7-15(19-5)14(8-13)10-20(17,18)12(3)4/h6-8,11-12,16H,9-10H2,1-5H3. The van der Waals surface area contributed by atoms with E-state index in [0.717, 1.165) is 17.7 Å². The SMILES string of the molecule is COc1ccc(CNC(C)C)cc1CS(=O)(=O)C(C)C. The van der Waals surface area contributed by atoms with E-state index in [1.54, 1.807) is 21.0 Å². The number of methoxy groups -OCH3 is 1. The first-order valence-electron chi connectivity index (χ1n) is 6.87. The number of rotatable bonds is 7. The van der Waals surface area contributed by atoms with Crippen molar-refractivity contribution in [2.75, 3.05) is 7.11 Å². The lowest BCUT2D eigenvalue weighted by molar-refractivity contribution is 0.410. The fourth-order valence-corrected chi connectivity index (χ4v) is 2.75. The summed E-state index contributed by atoms with van der Waals surface area (Å²) in [5.74, 6) is 0.645. The second-order valence-corrected chi connectivity index (χ2v) is 8.09. The number of ether oxygens (including phenoxy) is 1. The summed E-state index contributed by atoms with van der Waals surface area (Å²) >= 11 is 0. The van der Waals surface area contributed by atoms with Crippen molar-refractivity contribution >= 4 is 9.84 Å². The molecule has 0 aliphatic carbocycles. The molecule has 4 nitrogen and oxygen atoms in total. The van der Waals surface area contributed by atoms with Gasteiger partial charge in [0.05, 0.1) is 18.1 Å². The number of hydrogen-bond donors (Lipinski definition) is 1. The van der Waals surface area contributed by atoms with Crippen molar-refractivity contribution in [2.45, 2.75) is 51.3 Å². The average molecular weight is 299 g/mol. The smallest absolute Gasteiger partial charge is 0.156 e. The Labute approximate surface area is 122 Å². The maximum Gasteiger partial charge on any atom is 0.156 e. The second kappa shape index (κ2) is 7.09. The van der Waals surface area contributed by atoms with Gasteiger partial charge in [-0.25, -0.2) is 8.42 Å². The maximum atomic E-state index is 12.1. The highest BCUT2D eigenvalue weighted by atomic mass is 32.2. The monoisotopic (exact) mass is 299 g/mol. The fourth-order valence-electron chi connectivity index (χ4n) is 1.76. The number of sulfone groups is 1. The van der Waals surface area contributed by atoms with Gasteiger partial charge in [-0.05, 0) is 31.5 Å². The average Bonchev–Trinajstić information content (AvgIpc) is 2.36. The van der Waals surface area contributed by atoms with Crippen LogP contribution in [0.1, 0.15) is 38.8 Å². The normalized spacial score (nSPS) is 12.2. The van der Waals surface area contributed by atoms with Gasteiger partial charge in [0.1, 0.15) is 5.75 Å². The van der Waals surface area contributed by atoms with Gasteiger partial charge in [-0.1, -0.05) is 19.9 Å². The van der Waals surface area contributed by atoms with Gasteiger partial charge in [0.25, 0.3) is 0 Å². The highest BCUT2D eigenvalue weighted by Crippen LogP contribution is 2.23. The van der Waals surface area contributed by atoms with Crippen LogP contribution >= 0.6 is 0 Å². The Morgan fingerprint density at radius 3 is 2.35 bits per heavy atom. The minimum absolute atomic E-state index is 0.0172. The lowest BCUT2D eigenvalue weighted by Crippen LogP contribution is -2.22. The van der Waals surface area contributed by atoms with Crippen molar-refractivity contribution in [3.05, 3.63) is 29.3 Å². The van der Waals surface area contributed by atoms with Gasteiger partial charge in [-0.3, -0.25) is 0 Å². The van der Waals surface area contributed by atoms with E-state index in [9.17, 15) is 8.42 Å². The van der Waals surface area contributed by atoms with E-state index in [-0.39, 0.29) is 11.0 Å². The van der Waals surface area contributed by atoms with E-state index >= 15 is 0 Å². The first kappa shape index (κ1) is 17.0. The molecule has 0 saturated carbocycles. The minimum atomic E-state index is -3.13. The molecule has 1 N–H and O–H groups in total. The van der Waals surface area contributed by atoms with Crippen LogP contribution in [0.5, 0.6) is 5.75 Å². The van der Waals surface area contributed by atoms with Crippen molar-refractivity contribution in [1.82, 2.24) is 5.32 Å². The number of nitrogens with one attached hydrogen (secondary N) is 1. The fraction of sp³-hybridized carbons (Fsp3) is 0.600. The predicted molar refractivity (Wildman–Crippen MR) is 82.7 cm³/mol. The van der Waals surface area contributed by atoms with E-state index < -0.39 is 9.84 Å². The van der Waals surface area contributed by atoms with E-state index in [0.29, 0.717) is 11.8 Å². The molecule has 1 aromatic rings. The second-order valence-electron chi connectivity index (χ2n) is 5.54. The van der Waals surface area contributed by atoms with Gasteiger partial charge in [0, 0.05) is 18.2 Å². The van der Waals surface area contributed by atoms with Crippen LogP contribution in [-0.2, 0) is 22.1 Å². The molecule has 5 heteroatoms. The third kappa shape index (κ3) is 4.80. The van der Waals surface area contributed by atoms with Gasteiger partial charge < -0.3 is 10.1 Å².